The SMILES string of the molecule is COc1ccc(C2COCC(C)(C)N2C(=O)NCC2CC2)cc1. The van der Waals surface area contributed by atoms with Crippen molar-refractivity contribution in [2.45, 2.75) is 38.3 Å². The summed E-state index contributed by atoms with van der Waals surface area (Å²) < 4.78 is 11.0. The van der Waals surface area contributed by atoms with Crippen LogP contribution in [0.25, 0.3) is 0 Å². The quantitative estimate of drug-likeness (QED) is 0.928. The maximum atomic E-state index is 12.8. The number of amides is 2. The number of morpholine rings is 1. The van der Waals surface area contributed by atoms with Crippen LogP contribution in [0.2, 0.25) is 0 Å². The largest absolute Gasteiger partial charge is 0.497 e. The molecule has 1 saturated carbocycles. The van der Waals surface area contributed by atoms with Crippen LogP contribution in [0.4, 0.5) is 4.79 Å². The van der Waals surface area contributed by atoms with E-state index in [9.17, 15) is 4.79 Å². The number of rotatable bonds is 4. The van der Waals surface area contributed by atoms with Gasteiger partial charge < -0.3 is 19.7 Å². The van der Waals surface area contributed by atoms with Gasteiger partial charge in [-0.05, 0) is 50.3 Å². The predicted molar refractivity (Wildman–Crippen MR) is 88.6 cm³/mol. The Bertz CT molecular complexity index is 552. The van der Waals surface area contributed by atoms with Gasteiger partial charge in [-0.25, -0.2) is 4.79 Å². The Morgan fingerprint density at radius 3 is 2.65 bits per heavy atom. The highest BCUT2D eigenvalue weighted by atomic mass is 16.5. The fourth-order valence-electron chi connectivity index (χ4n) is 3.11. The fraction of sp³-hybridized carbons (Fsp3) is 0.611. The molecule has 1 saturated heterocycles. The van der Waals surface area contributed by atoms with Crippen LogP contribution in [0.5, 0.6) is 5.75 Å². The van der Waals surface area contributed by atoms with E-state index in [1.54, 1.807) is 7.11 Å². The highest BCUT2D eigenvalue weighted by Gasteiger charge is 2.41. The van der Waals surface area contributed by atoms with Gasteiger partial charge in [-0.15, -0.1) is 0 Å². The average Bonchev–Trinajstić information content (AvgIpc) is 3.36. The third-order valence-electron chi connectivity index (χ3n) is 4.65. The van der Waals surface area contributed by atoms with Gasteiger partial charge in [0.1, 0.15) is 5.75 Å². The van der Waals surface area contributed by atoms with Gasteiger partial charge in [0.25, 0.3) is 0 Å². The molecule has 2 amide bonds. The molecule has 1 unspecified atom stereocenters. The Balaban J connectivity index is 1.80. The van der Waals surface area contributed by atoms with E-state index in [2.05, 4.69) is 19.2 Å². The van der Waals surface area contributed by atoms with E-state index < -0.39 is 0 Å². The molecule has 0 radical (unpaired) electrons. The van der Waals surface area contributed by atoms with Crippen molar-refractivity contribution < 1.29 is 14.3 Å². The third-order valence-corrected chi connectivity index (χ3v) is 4.65. The number of benzene rings is 1. The zero-order chi connectivity index (χ0) is 16.4. The molecule has 126 valence electrons. The van der Waals surface area contributed by atoms with Crippen LogP contribution in [0.3, 0.4) is 0 Å². The first-order chi connectivity index (χ1) is 11.0. The Labute approximate surface area is 137 Å². The molecule has 0 aromatic heterocycles. The van der Waals surface area contributed by atoms with E-state index in [-0.39, 0.29) is 17.6 Å². The summed E-state index contributed by atoms with van der Waals surface area (Å²) in [5.74, 6) is 1.48. The van der Waals surface area contributed by atoms with Gasteiger partial charge in [-0.3, -0.25) is 0 Å². The molecule has 2 aliphatic rings. The van der Waals surface area contributed by atoms with Crippen molar-refractivity contribution in [2.24, 2.45) is 5.92 Å². The Kier molecular flexibility index (Phi) is 4.48. The predicted octanol–water partition coefficient (Wildman–Crippen LogP) is 2.97. The van der Waals surface area contributed by atoms with E-state index in [0.717, 1.165) is 17.9 Å². The van der Waals surface area contributed by atoms with Gasteiger partial charge in [0.2, 0.25) is 0 Å². The standard InChI is InChI=1S/C18H26N2O3/c1-18(2)12-23-11-16(14-6-8-15(22-3)9-7-14)20(18)17(21)19-10-13-4-5-13/h6-9,13,16H,4-5,10-12H2,1-3H3,(H,19,21). The molecule has 1 heterocycles. The summed E-state index contributed by atoms with van der Waals surface area (Å²) in [5, 5.41) is 3.10. The molecular formula is C18H26N2O3. The second-order valence-corrected chi connectivity index (χ2v) is 7.12. The average molecular weight is 318 g/mol. The first-order valence-corrected chi connectivity index (χ1v) is 8.30. The number of hydrogen-bond acceptors (Lipinski definition) is 3. The lowest BCUT2D eigenvalue weighted by molar-refractivity contribution is -0.0656. The number of urea groups is 1. The van der Waals surface area contributed by atoms with Gasteiger partial charge in [0, 0.05) is 6.54 Å². The lowest BCUT2D eigenvalue weighted by Gasteiger charge is -2.47. The summed E-state index contributed by atoms with van der Waals surface area (Å²) in [4.78, 5) is 14.7. The summed E-state index contributed by atoms with van der Waals surface area (Å²) in [6, 6.07) is 7.80. The number of ether oxygens (including phenoxy) is 2. The molecule has 1 aromatic rings. The third kappa shape index (κ3) is 3.61. The molecule has 1 atom stereocenters. The highest BCUT2D eigenvalue weighted by Crippen LogP contribution is 2.34. The first kappa shape index (κ1) is 16.1. The maximum absolute atomic E-state index is 12.8. The molecule has 5 nitrogen and oxygen atoms in total. The molecule has 1 aromatic carbocycles. The molecule has 5 heteroatoms. The smallest absolute Gasteiger partial charge is 0.318 e. The molecule has 0 bridgehead atoms. The minimum absolute atomic E-state index is 0.00557. The van der Waals surface area contributed by atoms with Crippen molar-refractivity contribution in [3.63, 3.8) is 0 Å². The molecular weight excluding hydrogens is 292 g/mol. The van der Waals surface area contributed by atoms with Gasteiger partial charge >= 0.3 is 6.03 Å². The van der Waals surface area contributed by atoms with Crippen molar-refractivity contribution in [1.29, 1.82) is 0 Å². The molecule has 23 heavy (non-hydrogen) atoms. The number of methoxy groups -OCH3 is 1. The number of hydrogen-bond donors (Lipinski definition) is 1. The number of carbonyl (C=O) groups excluding carboxylic acids is 1. The maximum Gasteiger partial charge on any atom is 0.318 e. The molecule has 1 N–H and O–H groups in total. The number of nitrogens with one attached hydrogen (secondary N) is 1. The van der Waals surface area contributed by atoms with Crippen LogP contribution >= 0.6 is 0 Å². The van der Waals surface area contributed by atoms with Crippen molar-refractivity contribution >= 4 is 6.03 Å². The molecule has 1 aliphatic heterocycles. The van der Waals surface area contributed by atoms with E-state index >= 15 is 0 Å². The lowest BCUT2D eigenvalue weighted by Crippen LogP contribution is -2.59. The molecule has 1 aliphatic carbocycles. The summed E-state index contributed by atoms with van der Waals surface area (Å²) in [5.41, 5.74) is 0.733. The van der Waals surface area contributed by atoms with Crippen LogP contribution in [-0.4, -0.2) is 43.3 Å². The van der Waals surface area contributed by atoms with E-state index in [4.69, 9.17) is 9.47 Å². The molecule has 2 fully saturated rings. The normalized spacial score (nSPS) is 23.4. The summed E-state index contributed by atoms with van der Waals surface area (Å²) >= 11 is 0. The van der Waals surface area contributed by atoms with E-state index in [0.29, 0.717) is 19.1 Å². The lowest BCUT2D eigenvalue weighted by atomic mass is 9.95. The van der Waals surface area contributed by atoms with Crippen molar-refractivity contribution in [2.75, 3.05) is 26.9 Å². The molecule has 0 spiro atoms. The minimum Gasteiger partial charge on any atom is -0.497 e. The van der Waals surface area contributed by atoms with Crippen LogP contribution in [0.1, 0.15) is 38.3 Å². The zero-order valence-corrected chi connectivity index (χ0v) is 14.2. The highest BCUT2D eigenvalue weighted by molar-refractivity contribution is 5.76. The summed E-state index contributed by atoms with van der Waals surface area (Å²) in [7, 11) is 1.65. The van der Waals surface area contributed by atoms with E-state index in [1.165, 1.54) is 12.8 Å². The zero-order valence-electron chi connectivity index (χ0n) is 14.2. The Hall–Kier alpha value is -1.75. The number of nitrogens with zero attached hydrogens (tertiary/aromatic N) is 1. The van der Waals surface area contributed by atoms with Gasteiger partial charge in [-0.2, -0.15) is 0 Å². The van der Waals surface area contributed by atoms with Gasteiger partial charge in [0.15, 0.2) is 0 Å². The van der Waals surface area contributed by atoms with Crippen molar-refractivity contribution in [3.05, 3.63) is 29.8 Å². The monoisotopic (exact) mass is 318 g/mol. The minimum atomic E-state index is -0.337. The second kappa shape index (κ2) is 6.40. The van der Waals surface area contributed by atoms with Crippen LogP contribution in [0, 0.1) is 5.92 Å². The van der Waals surface area contributed by atoms with E-state index in [1.807, 2.05) is 29.2 Å². The van der Waals surface area contributed by atoms with Crippen LogP contribution < -0.4 is 10.1 Å². The molecule has 3 rings (SSSR count). The summed E-state index contributed by atoms with van der Waals surface area (Å²) in [6.07, 6.45) is 2.46. The first-order valence-electron chi connectivity index (χ1n) is 8.30. The second-order valence-electron chi connectivity index (χ2n) is 7.12. The van der Waals surface area contributed by atoms with Crippen LogP contribution in [-0.2, 0) is 4.74 Å². The van der Waals surface area contributed by atoms with Crippen molar-refractivity contribution in [1.82, 2.24) is 10.2 Å². The topological polar surface area (TPSA) is 50.8 Å². The van der Waals surface area contributed by atoms with Crippen LogP contribution in [0.15, 0.2) is 24.3 Å². The fourth-order valence-corrected chi connectivity index (χ4v) is 3.11. The van der Waals surface area contributed by atoms with Gasteiger partial charge in [-0.1, -0.05) is 12.1 Å². The Morgan fingerprint density at radius 2 is 2.04 bits per heavy atom. The van der Waals surface area contributed by atoms with Crippen molar-refractivity contribution in [3.8, 4) is 5.75 Å². The summed E-state index contributed by atoms with van der Waals surface area (Å²) in [6.45, 7) is 5.96. The Morgan fingerprint density at radius 1 is 1.35 bits per heavy atom. The number of carbonyl (C=O) groups is 1. The van der Waals surface area contributed by atoms with Gasteiger partial charge in [0.05, 0.1) is 31.9 Å².